The third kappa shape index (κ3) is 4.69. The van der Waals surface area contributed by atoms with E-state index in [0.717, 1.165) is 18.4 Å². The highest BCUT2D eigenvalue weighted by atomic mass is 19.3. The monoisotopic (exact) mass is 243 g/mol. The van der Waals surface area contributed by atoms with Crippen molar-refractivity contribution in [2.45, 2.75) is 45.9 Å². The van der Waals surface area contributed by atoms with Gasteiger partial charge in [-0.15, -0.1) is 0 Å². The van der Waals surface area contributed by atoms with Gasteiger partial charge in [0, 0.05) is 18.2 Å². The zero-order chi connectivity index (χ0) is 12.7. The van der Waals surface area contributed by atoms with Gasteiger partial charge in [-0.1, -0.05) is 32.0 Å². The first-order chi connectivity index (χ1) is 8.17. The lowest BCUT2D eigenvalue weighted by Crippen LogP contribution is -2.27. The molecule has 1 aromatic carbocycles. The molecule has 0 saturated carbocycles. The summed E-state index contributed by atoms with van der Waals surface area (Å²) in [6.07, 6.45) is 2.04. The lowest BCUT2D eigenvalue weighted by molar-refractivity contribution is -0.0505. The van der Waals surface area contributed by atoms with Gasteiger partial charge < -0.3 is 10.1 Å². The minimum absolute atomic E-state index is 0.251. The van der Waals surface area contributed by atoms with Crippen molar-refractivity contribution in [2.75, 3.05) is 0 Å². The van der Waals surface area contributed by atoms with Crippen molar-refractivity contribution in [1.29, 1.82) is 0 Å². The van der Waals surface area contributed by atoms with Gasteiger partial charge in [0.05, 0.1) is 0 Å². The highest BCUT2D eigenvalue weighted by Gasteiger charge is 2.10. The molecule has 0 aliphatic carbocycles. The highest BCUT2D eigenvalue weighted by molar-refractivity contribution is 5.33. The summed E-state index contributed by atoms with van der Waals surface area (Å²) < 4.78 is 28.8. The molecule has 17 heavy (non-hydrogen) atoms. The molecule has 0 bridgehead atoms. The second-order valence-corrected chi connectivity index (χ2v) is 3.88. The molecule has 96 valence electrons. The number of halogens is 2. The van der Waals surface area contributed by atoms with E-state index in [1.807, 2.05) is 6.07 Å². The van der Waals surface area contributed by atoms with Crippen molar-refractivity contribution in [2.24, 2.45) is 0 Å². The Labute approximate surface area is 101 Å². The molecule has 0 radical (unpaired) electrons. The molecule has 0 amide bonds. The predicted molar refractivity (Wildman–Crippen MR) is 64.3 cm³/mol. The van der Waals surface area contributed by atoms with E-state index in [-0.39, 0.29) is 5.75 Å². The minimum atomic E-state index is -2.77. The van der Waals surface area contributed by atoms with Crippen LogP contribution in [0.25, 0.3) is 0 Å². The number of alkyl halides is 2. The topological polar surface area (TPSA) is 21.3 Å². The summed E-state index contributed by atoms with van der Waals surface area (Å²) in [5.74, 6) is 0.251. The molecule has 4 heteroatoms. The molecule has 0 atom stereocenters. The zero-order valence-electron chi connectivity index (χ0n) is 10.2. The van der Waals surface area contributed by atoms with E-state index >= 15 is 0 Å². The molecule has 0 aromatic heterocycles. The minimum Gasteiger partial charge on any atom is -0.434 e. The van der Waals surface area contributed by atoms with Crippen molar-refractivity contribution in [3.63, 3.8) is 0 Å². The van der Waals surface area contributed by atoms with Crippen LogP contribution in [-0.2, 0) is 6.54 Å². The van der Waals surface area contributed by atoms with Crippen molar-refractivity contribution in [3.05, 3.63) is 29.8 Å². The fraction of sp³-hybridized carbons (Fsp3) is 0.538. The van der Waals surface area contributed by atoms with Gasteiger partial charge >= 0.3 is 6.61 Å². The summed E-state index contributed by atoms with van der Waals surface area (Å²) in [6, 6.07) is 7.29. The molecule has 0 saturated heterocycles. The lowest BCUT2D eigenvalue weighted by Gasteiger charge is -2.16. The van der Waals surface area contributed by atoms with E-state index in [0.29, 0.717) is 12.6 Å². The van der Waals surface area contributed by atoms with E-state index in [2.05, 4.69) is 23.9 Å². The first kappa shape index (κ1) is 13.9. The maximum Gasteiger partial charge on any atom is 0.387 e. The van der Waals surface area contributed by atoms with Crippen LogP contribution in [-0.4, -0.2) is 12.7 Å². The summed E-state index contributed by atoms with van der Waals surface area (Å²) in [7, 11) is 0. The van der Waals surface area contributed by atoms with Gasteiger partial charge in [-0.2, -0.15) is 8.78 Å². The van der Waals surface area contributed by atoms with Crippen LogP contribution in [0.2, 0.25) is 0 Å². The van der Waals surface area contributed by atoms with E-state index < -0.39 is 6.61 Å². The van der Waals surface area contributed by atoms with Crippen LogP contribution in [0, 0.1) is 0 Å². The number of ether oxygens (including phenoxy) is 1. The maximum atomic E-state index is 12.2. The van der Waals surface area contributed by atoms with E-state index in [1.54, 1.807) is 18.2 Å². The van der Waals surface area contributed by atoms with Gasteiger partial charge in [-0.3, -0.25) is 0 Å². The molecule has 1 aromatic rings. The fourth-order valence-corrected chi connectivity index (χ4v) is 1.69. The fourth-order valence-electron chi connectivity index (χ4n) is 1.69. The lowest BCUT2D eigenvalue weighted by atomic mass is 10.1. The molecule has 0 aliphatic rings. The third-order valence-electron chi connectivity index (χ3n) is 2.76. The van der Waals surface area contributed by atoms with Crippen molar-refractivity contribution in [1.82, 2.24) is 5.32 Å². The van der Waals surface area contributed by atoms with E-state index in [4.69, 9.17) is 0 Å². The number of para-hydroxylation sites is 1. The van der Waals surface area contributed by atoms with Crippen LogP contribution in [0.1, 0.15) is 32.3 Å². The quantitative estimate of drug-likeness (QED) is 0.790. The maximum absolute atomic E-state index is 12.2. The van der Waals surface area contributed by atoms with Crippen LogP contribution in [0.3, 0.4) is 0 Å². The standard InChI is InChI=1S/C13H19F2NO/c1-3-11(4-2)16-9-10-7-5-6-8-12(10)17-13(14)15/h5-8,11,13,16H,3-4,9H2,1-2H3. The Morgan fingerprint density at radius 1 is 1.18 bits per heavy atom. The summed E-state index contributed by atoms with van der Waals surface area (Å²) >= 11 is 0. The first-order valence-electron chi connectivity index (χ1n) is 5.93. The molecule has 0 unspecified atom stereocenters. The molecule has 2 nitrogen and oxygen atoms in total. The van der Waals surface area contributed by atoms with Gasteiger partial charge in [0.25, 0.3) is 0 Å². The van der Waals surface area contributed by atoms with Gasteiger partial charge in [0.15, 0.2) is 0 Å². The number of rotatable bonds is 7. The molecule has 1 rings (SSSR count). The Kier molecular flexibility index (Phi) is 5.91. The molecule has 0 fully saturated rings. The SMILES string of the molecule is CCC(CC)NCc1ccccc1OC(F)F. The Hall–Kier alpha value is -1.16. The first-order valence-corrected chi connectivity index (χ1v) is 5.93. The summed E-state index contributed by atoms with van der Waals surface area (Å²) in [6.45, 7) is 1.98. The second-order valence-electron chi connectivity index (χ2n) is 3.88. The Bertz CT molecular complexity index is 327. The number of hydrogen-bond acceptors (Lipinski definition) is 2. The smallest absolute Gasteiger partial charge is 0.387 e. The van der Waals surface area contributed by atoms with Crippen LogP contribution < -0.4 is 10.1 Å². The largest absolute Gasteiger partial charge is 0.434 e. The average Bonchev–Trinajstić information content (AvgIpc) is 2.31. The van der Waals surface area contributed by atoms with E-state index in [9.17, 15) is 8.78 Å². The number of hydrogen-bond donors (Lipinski definition) is 1. The Balaban J connectivity index is 2.63. The van der Waals surface area contributed by atoms with E-state index in [1.165, 1.54) is 0 Å². The van der Waals surface area contributed by atoms with Crippen molar-refractivity contribution >= 4 is 0 Å². The summed E-state index contributed by atoms with van der Waals surface area (Å²) in [5.41, 5.74) is 0.764. The number of benzene rings is 1. The second kappa shape index (κ2) is 7.22. The predicted octanol–water partition coefficient (Wildman–Crippen LogP) is 3.57. The van der Waals surface area contributed by atoms with Crippen LogP contribution in [0.15, 0.2) is 24.3 Å². The van der Waals surface area contributed by atoms with Gasteiger partial charge in [-0.05, 0) is 18.9 Å². The molecular weight excluding hydrogens is 224 g/mol. The summed E-state index contributed by atoms with van der Waals surface area (Å²) in [5, 5.41) is 3.32. The van der Waals surface area contributed by atoms with Gasteiger partial charge in [0.2, 0.25) is 0 Å². The normalized spacial score (nSPS) is 11.2. The molecular formula is C13H19F2NO. The van der Waals surface area contributed by atoms with Crippen LogP contribution in [0.4, 0.5) is 8.78 Å². The highest BCUT2D eigenvalue weighted by Crippen LogP contribution is 2.20. The number of nitrogens with one attached hydrogen (secondary N) is 1. The molecule has 0 aliphatic heterocycles. The average molecular weight is 243 g/mol. The molecule has 0 spiro atoms. The Morgan fingerprint density at radius 3 is 2.41 bits per heavy atom. The molecule has 0 heterocycles. The van der Waals surface area contributed by atoms with Crippen LogP contribution >= 0.6 is 0 Å². The summed E-state index contributed by atoms with van der Waals surface area (Å²) in [4.78, 5) is 0. The van der Waals surface area contributed by atoms with Crippen molar-refractivity contribution in [3.8, 4) is 5.75 Å². The third-order valence-corrected chi connectivity index (χ3v) is 2.76. The van der Waals surface area contributed by atoms with Gasteiger partial charge in [0.1, 0.15) is 5.75 Å². The van der Waals surface area contributed by atoms with Crippen LogP contribution in [0.5, 0.6) is 5.75 Å². The van der Waals surface area contributed by atoms with Gasteiger partial charge in [-0.25, -0.2) is 0 Å². The Morgan fingerprint density at radius 2 is 1.82 bits per heavy atom. The zero-order valence-corrected chi connectivity index (χ0v) is 10.2. The molecule has 1 N–H and O–H groups in total. The van der Waals surface area contributed by atoms with Crippen molar-refractivity contribution < 1.29 is 13.5 Å².